The number of carbonyl (C=O) groups is 1. The Morgan fingerprint density at radius 2 is 1.63 bits per heavy atom. The van der Waals surface area contributed by atoms with Crippen LogP contribution in [0.4, 0.5) is 5.69 Å². The molecule has 2 aromatic rings. The van der Waals surface area contributed by atoms with Crippen molar-refractivity contribution in [3.63, 3.8) is 0 Å². The smallest absolute Gasteiger partial charge is 0.276 e. The zero-order valence-corrected chi connectivity index (χ0v) is 21.9. The number of ether oxygens (including phenoxy) is 2. The van der Waals surface area contributed by atoms with Gasteiger partial charge in [0.15, 0.2) is 6.29 Å². The summed E-state index contributed by atoms with van der Waals surface area (Å²) < 4.78 is 11.0. The van der Waals surface area contributed by atoms with E-state index in [0.717, 1.165) is 36.3 Å². The molecule has 1 amide bonds. The SMILES string of the molecule is C[C@H]1[C@@H](CN2CCCCC2)O[C@@H](c2ccc(NC(=O)C(Cl)(Cl)Cl)cc2)O[C@H]1c1ccc(CO)cc1. The Bertz CT molecular complexity index is 976. The van der Waals surface area contributed by atoms with Crippen LogP contribution in [0.25, 0.3) is 0 Å². The first-order chi connectivity index (χ1) is 16.7. The molecule has 9 heteroatoms. The van der Waals surface area contributed by atoms with Crippen LogP contribution in [0.15, 0.2) is 48.5 Å². The molecule has 190 valence electrons. The third kappa shape index (κ3) is 6.89. The Morgan fingerprint density at radius 1 is 1.00 bits per heavy atom. The number of nitrogens with one attached hydrogen (secondary N) is 1. The number of amides is 1. The minimum Gasteiger partial charge on any atom is -0.392 e. The van der Waals surface area contributed by atoms with Gasteiger partial charge in [-0.25, -0.2) is 0 Å². The maximum atomic E-state index is 12.0. The van der Waals surface area contributed by atoms with Crippen molar-refractivity contribution >= 4 is 46.4 Å². The van der Waals surface area contributed by atoms with Gasteiger partial charge >= 0.3 is 0 Å². The number of hydrogen-bond donors (Lipinski definition) is 2. The lowest BCUT2D eigenvalue weighted by Gasteiger charge is -2.43. The van der Waals surface area contributed by atoms with Crippen LogP contribution in [0.5, 0.6) is 0 Å². The average molecular weight is 542 g/mol. The summed E-state index contributed by atoms with van der Waals surface area (Å²) in [5.74, 6) is -0.585. The number of hydrogen-bond acceptors (Lipinski definition) is 5. The third-order valence-corrected chi connectivity index (χ3v) is 7.22. The number of carbonyl (C=O) groups excluding carboxylic acids is 1. The van der Waals surface area contributed by atoms with Crippen LogP contribution in [-0.4, -0.2) is 45.4 Å². The lowest BCUT2D eigenvalue weighted by atomic mass is 9.89. The Labute approximate surface area is 221 Å². The molecular formula is C26H31Cl3N2O4. The Kier molecular flexibility index (Phi) is 8.98. The van der Waals surface area contributed by atoms with Crippen molar-refractivity contribution in [3.8, 4) is 0 Å². The van der Waals surface area contributed by atoms with Gasteiger partial charge in [0.05, 0.1) is 18.8 Å². The second-order valence-corrected chi connectivity index (χ2v) is 11.5. The molecule has 0 aromatic heterocycles. The highest BCUT2D eigenvalue weighted by atomic mass is 35.6. The third-order valence-electron chi connectivity index (χ3n) is 6.71. The van der Waals surface area contributed by atoms with Crippen LogP contribution < -0.4 is 5.32 Å². The van der Waals surface area contributed by atoms with Gasteiger partial charge in [-0.1, -0.05) is 84.5 Å². The number of halogens is 3. The molecule has 0 aliphatic carbocycles. The molecule has 2 saturated heterocycles. The van der Waals surface area contributed by atoms with E-state index in [-0.39, 0.29) is 24.7 Å². The van der Waals surface area contributed by atoms with E-state index in [1.54, 1.807) is 12.1 Å². The minimum absolute atomic E-state index is 0.00580. The highest BCUT2D eigenvalue weighted by Crippen LogP contribution is 2.42. The quantitative estimate of drug-likeness (QED) is 0.455. The van der Waals surface area contributed by atoms with Crippen molar-refractivity contribution < 1.29 is 19.4 Å². The summed E-state index contributed by atoms with van der Waals surface area (Å²) in [5.41, 5.74) is 3.26. The lowest BCUT2D eigenvalue weighted by Crippen LogP contribution is -2.45. The van der Waals surface area contributed by atoms with Gasteiger partial charge in [-0.2, -0.15) is 0 Å². The summed E-state index contributed by atoms with van der Waals surface area (Å²) in [6.45, 7) is 5.21. The van der Waals surface area contributed by atoms with Crippen molar-refractivity contribution in [2.45, 2.75) is 55.1 Å². The number of benzene rings is 2. The zero-order chi connectivity index (χ0) is 25.0. The number of aliphatic hydroxyl groups is 1. The van der Waals surface area contributed by atoms with Crippen LogP contribution in [0.3, 0.4) is 0 Å². The van der Waals surface area contributed by atoms with E-state index in [0.29, 0.717) is 5.69 Å². The van der Waals surface area contributed by atoms with Crippen LogP contribution in [0, 0.1) is 5.92 Å². The van der Waals surface area contributed by atoms with Gasteiger partial charge in [-0.15, -0.1) is 0 Å². The van der Waals surface area contributed by atoms with Crippen LogP contribution >= 0.6 is 34.8 Å². The summed E-state index contributed by atoms with van der Waals surface area (Å²) >= 11 is 17.0. The monoisotopic (exact) mass is 540 g/mol. The van der Waals surface area contributed by atoms with Gasteiger partial charge in [-0.05, 0) is 49.2 Å². The Hall–Kier alpha value is -1.38. The molecule has 4 atom stereocenters. The van der Waals surface area contributed by atoms with Gasteiger partial charge in [0.25, 0.3) is 9.70 Å². The topological polar surface area (TPSA) is 71.0 Å². The highest BCUT2D eigenvalue weighted by Gasteiger charge is 2.39. The molecule has 2 aromatic carbocycles. The van der Waals surface area contributed by atoms with Crippen LogP contribution in [0.1, 0.15) is 55.3 Å². The standard InChI is InChI=1S/C26H31Cl3N2O4/c1-17-22(15-31-13-3-2-4-14-31)34-24(35-23(17)19-7-5-18(16-32)6-8-19)20-9-11-21(12-10-20)30-25(33)26(27,28)29/h5-12,17,22-24,32H,2-4,13-16H2,1H3,(H,30,33)/t17-,22+,23+,24+/m0/s1. The van der Waals surface area contributed by atoms with E-state index < -0.39 is 16.0 Å². The Balaban J connectivity index is 1.54. The predicted octanol–water partition coefficient (Wildman–Crippen LogP) is 5.76. The number of likely N-dealkylation sites (tertiary alicyclic amines) is 1. The molecule has 0 radical (unpaired) electrons. The Morgan fingerprint density at radius 3 is 2.23 bits per heavy atom. The van der Waals surface area contributed by atoms with Gasteiger partial charge in [0, 0.05) is 23.7 Å². The van der Waals surface area contributed by atoms with E-state index in [4.69, 9.17) is 44.3 Å². The molecule has 0 unspecified atom stereocenters. The zero-order valence-electron chi connectivity index (χ0n) is 19.6. The molecular weight excluding hydrogens is 511 g/mol. The largest absolute Gasteiger partial charge is 0.392 e. The summed E-state index contributed by atoms with van der Waals surface area (Å²) in [4.78, 5) is 14.4. The van der Waals surface area contributed by atoms with Crippen molar-refractivity contribution in [3.05, 3.63) is 65.2 Å². The maximum Gasteiger partial charge on any atom is 0.276 e. The summed E-state index contributed by atoms with van der Waals surface area (Å²) in [6, 6.07) is 15.1. The molecule has 0 saturated carbocycles. The lowest BCUT2D eigenvalue weighted by molar-refractivity contribution is -0.276. The molecule has 2 N–H and O–H groups in total. The van der Waals surface area contributed by atoms with Crippen molar-refractivity contribution in [2.24, 2.45) is 5.92 Å². The van der Waals surface area contributed by atoms with Crippen molar-refractivity contribution in [2.75, 3.05) is 25.0 Å². The van der Waals surface area contributed by atoms with Gasteiger partial charge in [0.2, 0.25) is 0 Å². The van der Waals surface area contributed by atoms with Crippen LogP contribution in [-0.2, 0) is 20.9 Å². The number of aliphatic hydroxyl groups excluding tert-OH is 1. The molecule has 35 heavy (non-hydrogen) atoms. The number of rotatable bonds is 6. The van der Waals surface area contributed by atoms with Crippen LogP contribution in [0.2, 0.25) is 0 Å². The van der Waals surface area contributed by atoms with Gasteiger partial charge < -0.3 is 24.8 Å². The van der Waals surface area contributed by atoms with E-state index >= 15 is 0 Å². The number of nitrogens with zero attached hydrogens (tertiary/aromatic N) is 1. The molecule has 0 bridgehead atoms. The summed E-state index contributed by atoms with van der Waals surface area (Å²) in [7, 11) is 0. The molecule has 2 heterocycles. The van der Waals surface area contributed by atoms with Gasteiger partial charge in [0.1, 0.15) is 0 Å². The van der Waals surface area contributed by atoms with E-state index in [1.807, 2.05) is 36.4 Å². The van der Waals surface area contributed by atoms with E-state index in [9.17, 15) is 9.90 Å². The van der Waals surface area contributed by atoms with Crippen molar-refractivity contribution in [1.29, 1.82) is 0 Å². The number of piperidine rings is 1. The molecule has 2 aliphatic heterocycles. The predicted molar refractivity (Wildman–Crippen MR) is 139 cm³/mol. The fourth-order valence-corrected chi connectivity index (χ4v) is 4.79. The molecule has 2 aliphatic rings. The second kappa shape index (κ2) is 11.8. The highest BCUT2D eigenvalue weighted by molar-refractivity contribution is 6.76. The van der Waals surface area contributed by atoms with Crippen molar-refractivity contribution in [1.82, 2.24) is 4.90 Å². The normalized spacial score (nSPS) is 25.9. The molecule has 0 spiro atoms. The van der Waals surface area contributed by atoms with E-state index in [2.05, 4.69) is 17.1 Å². The summed E-state index contributed by atoms with van der Waals surface area (Å²) in [6.07, 6.45) is 2.97. The maximum absolute atomic E-state index is 12.0. The molecule has 4 rings (SSSR count). The van der Waals surface area contributed by atoms with E-state index in [1.165, 1.54) is 19.3 Å². The van der Waals surface area contributed by atoms with Gasteiger partial charge in [-0.3, -0.25) is 4.79 Å². The first-order valence-electron chi connectivity index (χ1n) is 12.0. The fraction of sp³-hybridized carbons (Fsp3) is 0.500. The number of anilines is 1. The first-order valence-corrected chi connectivity index (χ1v) is 13.1. The summed E-state index contributed by atoms with van der Waals surface area (Å²) in [5, 5.41) is 12.0. The first kappa shape index (κ1) is 26.7. The average Bonchev–Trinajstić information content (AvgIpc) is 2.86. The second-order valence-electron chi connectivity index (χ2n) is 9.26. The number of alkyl halides is 3. The fourth-order valence-electron chi connectivity index (χ4n) is 4.65. The molecule has 2 fully saturated rings. The minimum atomic E-state index is -2.04. The molecule has 6 nitrogen and oxygen atoms in total.